The van der Waals surface area contributed by atoms with E-state index in [-0.39, 0.29) is 16.8 Å². The zero-order chi connectivity index (χ0) is 14.8. The summed E-state index contributed by atoms with van der Waals surface area (Å²) in [7, 11) is -3.80. The molecule has 0 amide bonds. The molecule has 2 rings (SSSR count). The van der Waals surface area contributed by atoms with Gasteiger partial charge in [-0.25, -0.2) is 23.9 Å². The first-order valence-corrected chi connectivity index (χ1v) is 7.42. The van der Waals surface area contributed by atoms with E-state index in [4.69, 9.17) is 5.84 Å². The van der Waals surface area contributed by atoms with Crippen molar-refractivity contribution < 1.29 is 8.42 Å². The molecule has 4 N–H and O–H groups in total. The lowest BCUT2D eigenvalue weighted by atomic mass is 10.4. The first-order valence-electron chi connectivity index (χ1n) is 5.93. The smallest absolute Gasteiger partial charge is 0.266 e. The monoisotopic (exact) mass is 296 g/mol. The second-order valence-corrected chi connectivity index (χ2v) is 6.01. The molecule has 108 valence electrons. The van der Waals surface area contributed by atoms with Crippen LogP contribution in [0.3, 0.4) is 0 Å². The summed E-state index contributed by atoms with van der Waals surface area (Å²) in [6, 6.07) is 4.56. The van der Waals surface area contributed by atoms with E-state index in [0.29, 0.717) is 5.82 Å². The second-order valence-electron chi connectivity index (χ2n) is 4.35. The summed E-state index contributed by atoms with van der Waals surface area (Å²) in [5.74, 6) is 5.74. The summed E-state index contributed by atoms with van der Waals surface area (Å²) in [4.78, 5) is 3.84. The van der Waals surface area contributed by atoms with Crippen LogP contribution in [0.2, 0.25) is 0 Å². The fourth-order valence-electron chi connectivity index (χ4n) is 1.72. The van der Waals surface area contributed by atoms with Gasteiger partial charge in [-0.3, -0.25) is 4.72 Å². The van der Waals surface area contributed by atoms with E-state index in [0.717, 1.165) is 0 Å². The van der Waals surface area contributed by atoms with E-state index in [2.05, 4.69) is 20.2 Å². The molecule has 0 aromatic carbocycles. The molecule has 0 spiro atoms. The van der Waals surface area contributed by atoms with Crippen LogP contribution in [-0.2, 0) is 10.0 Å². The molecule has 2 heterocycles. The maximum absolute atomic E-state index is 12.4. The van der Waals surface area contributed by atoms with E-state index in [9.17, 15) is 8.42 Å². The van der Waals surface area contributed by atoms with E-state index in [1.54, 1.807) is 10.7 Å². The van der Waals surface area contributed by atoms with Gasteiger partial charge >= 0.3 is 0 Å². The van der Waals surface area contributed by atoms with Crippen LogP contribution in [-0.4, -0.2) is 23.2 Å². The molecule has 0 aliphatic heterocycles. The molecule has 0 saturated carbocycles. The van der Waals surface area contributed by atoms with E-state index >= 15 is 0 Å². The molecular weight excluding hydrogens is 280 g/mol. The first-order chi connectivity index (χ1) is 9.45. The topological polar surface area (TPSA) is 115 Å². The summed E-state index contributed by atoms with van der Waals surface area (Å²) < 4.78 is 28.8. The molecule has 20 heavy (non-hydrogen) atoms. The van der Waals surface area contributed by atoms with Crippen molar-refractivity contribution in [3.63, 3.8) is 0 Å². The van der Waals surface area contributed by atoms with Gasteiger partial charge in [0.25, 0.3) is 10.0 Å². The van der Waals surface area contributed by atoms with Crippen LogP contribution in [0.5, 0.6) is 0 Å². The minimum absolute atomic E-state index is 0.0287. The van der Waals surface area contributed by atoms with Gasteiger partial charge < -0.3 is 5.43 Å². The molecular formula is C11H16N6O2S. The van der Waals surface area contributed by atoms with Gasteiger partial charge in [-0.05, 0) is 26.0 Å². The van der Waals surface area contributed by atoms with Crippen molar-refractivity contribution in [2.45, 2.75) is 24.8 Å². The van der Waals surface area contributed by atoms with Crippen LogP contribution in [0.4, 0.5) is 11.6 Å². The minimum atomic E-state index is -3.80. The lowest BCUT2D eigenvalue weighted by Gasteiger charge is -2.14. The number of nitrogens with zero attached hydrogens (tertiary/aromatic N) is 3. The summed E-state index contributed by atoms with van der Waals surface area (Å²) in [6.07, 6.45) is 2.98. The van der Waals surface area contributed by atoms with Gasteiger partial charge in [-0.1, -0.05) is 0 Å². The van der Waals surface area contributed by atoms with Crippen molar-refractivity contribution in [1.82, 2.24) is 14.8 Å². The quantitative estimate of drug-likeness (QED) is 0.559. The van der Waals surface area contributed by atoms with Crippen LogP contribution < -0.4 is 16.0 Å². The number of hydrogen-bond acceptors (Lipinski definition) is 6. The van der Waals surface area contributed by atoms with Crippen LogP contribution >= 0.6 is 0 Å². The Morgan fingerprint density at radius 1 is 1.30 bits per heavy atom. The number of anilines is 2. The van der Waals surface area contributed by atoms with Gasteiger partial charge in [0.1, 0.15) is 10.7 Å². The third-order valence-corrected chi connectivity index (χ3v) is 3.98. The highest BCUT2D eigenvalue weighted by atomic mass is 32.2. The first kappa shape index (κ1) is 14.3. The van der Waals surface area contributed by atoms with E-state index in [1.807, 2.05) is 13.8 Å². The summed E-state index contributed by atoms with van der Waals surface area (Å²) in [5, 5.41) is 4.07. The average molecular weight is 296 g/mol. The van der Waals surface area contributed by atoms with Crippen molar-refractivity contribution in [2.24, 2.45) is 5.84 Å². The number of pyridine rings is 1. The predicted octanol–water partition coefficient (Wildman–Crippen LogP) is 0.945. The second kappa shape index (κ2) is 5.47. The van der Waals surface area contributed by atoms with Gasteiger partial charge in [0.15, 0.2) is 5.82 Å². The molecule has 0 bridgehead atoms. The zero-order valence-electron chi connectivity index (χ0n) is 11.1. The van der Waals surface area contributed by atoms with Crippen molar-refractivity contribution in [1.29, 1.82) is 0 Å². The van der Waals surface area contributed by atoms with Crippen molar-refractivity contribution >= 4 is 21.7 Å². The molecule has 9 heteroatoms. The normalized spacial score (nSPS) is 11.6. The third kappa shape index (κ3) is 2.73. The number of nitrogen functional groups attached to an aromatic ring is 1. The van der Waals surface area contributed by atoms with Crippen molar-refractivity contribution in [3.05, 3.63) is 30.6 Å². The molecule has 0 fully saturated rings. The standard InChI is InChI=1S/C11H16N6O2S/c1-8(2)17-10(5-7-14-17)16-20(18,19)9-4-3-6-13-11(9)15-12/h3-8,16H,12H2,1-2H3,(H,13,15). The Kier molecular flexibility index (Phi) is 3.91. The van der Waals surface area contributed by atoms with Crippen molar-refractivity contribution in [3.8, 4) is 0 Å². The zero-order valence-corrected chi connectivity index (χ0v) is 11.9. The predicted molar refractivity (Wildman–Crippen MR) is 75.5 cm³/mol. The Morgan fingerprint density at radius 3 is 2.70 bits per heavy atom. The fourth-order valence-corrected chi connectivity index (χ4v) is 2.89. The summed E-state index contributed by atoms with van der Waals surface area (Å²) in [5.41, 5.74) is 2.27. The molecule has 0 aliphatic carbocycles. The van der Waals surface area contributed by atoms with E-state index < -0.39 is 10.0 Å². The Labute approximate surface area is 117 Å². The lowest BCUT2D eigenvalue weighted by molar-refractivity contribution is 0.539. The average Bonchev–Trinajstić information content (AvgIpc) is 2.86. The number of hydrogen-bond donors (Lipinski definition) is 3. The third-order valence-electron chi connectivity index (χ3n) is 2.60. The number of nitrogens with one attached hydrogen (secondary N) is 2. The van der Waals surface area contributed by atoms with Gasteiger partial charge in [-0.15, -0.1) is 0 Å². The van der Waals surface area contributed by atoms with Crippen LogP contribution in [0.1, 0.15) is 19.9 Å². The highest BCUT2D eigenvalue weighted by Gasteiger charge is 2.21. The molecule has 0 radical (unpaired) electrons. The summed E-state index contributed by atoms with van der Waals surface area (Å²) >= 11 is 0. The molecule has 2 aromatic heterocycles. The van der Waals surface area contributed by atoms with Crippen molar-refractivity contribution in [2.75, 3.05) is 10.1 Å². The SMILES string of the molecule is CC(C)n1nccc1NS(=O)(=O)c1cccnc1NN. The molecule has 0 unspecified atom stereocenters. The molecule has 0 saturated heterocycles. The minimum Gasteiger partial charge on any atom is -0.307 e. The van der Waals surface area contributed by atoms with Gasteiger partial charge in [0.2, 0.25) is 0 Å². The maximum Gasteiger partial charge on any atom is 0.266 e. The van der Waals surface area contributed by atoms with Gasteiger partial charge in [0, 0.05) is 18.3 Å². The molecule has 2 aromatic rings. The summed E-state index contributed by atoms with van der Waals surface area (Å²) in [6.45, 7) is 3.81. The fraction of sp³-hybridized carbons (Fsp3) is 0.273. The van der Waals surface area contributed by atoms with Gasteiger partial charge in [0.05, 0.1) is 6.20 Å². The Morgan fingerprint density at radius 2 is 2.05 bits per heavy atom. The molecule has 0 atom stereocenters. The molecule has 0 aliphatic rings. The lowest BCUT2D eigenvalue weighted by Crippen LogP contribution is -2.20. The maximum atomic E-state index is 12.4. The Bertz CT molecular complexity index is 694. The number of sulfonamides is 1. The Balaban J connectivity index is 2.39. The number of rotatable bonds is 5. The van der Waals surface area contributed by atoms with Gasteiger partial charge in [-0.2, -0.15) is 5.10 Å². The molecule has 8 nitrogen and oxygen atoms in total. The Hall–Kier alpha value is -2.13. The highest BCUT2D eigenvalue weighted by Crippen LogP contribution is 2.22. The van der Waals surface area contributed by atoms with Crippen LogP contribution in [0.15, 0.2) is 35.5 Å². The number of aromatic nitrogens is 3. The largest absolute Gasteiger partial charge is 0.307 e. The highest BCUT2D eigenvalue weighted by molar-refractivity contribution is 7.92. The van der Waals surface area contributed by atoms with E-state index in [1.165, 1.54) is 24.5 Å². The number of nitrogens with two attached hydrogens (primary N) is 1. The van der Waals surface area contributed by atoms with Crippen LogP contribution in [0, 0.1) is 0 Å². The number of hydrazine groups is 1. The van der Waals surface area contributed by atoms with Crippen LogP contribution in [0.25, 0.3) is 0 Å².